The summed E-state index contributed by atoms with van der Waals surface area (Å²) in [6, 6.07) is 5.52. The first-order valence-electron chi connectivity index (χ1n) is 7.78. The number of amides is 1. The fourth-order valence-electron chi connectivity index (χ4n) is 1.91. The van der Waals surface area contributed by atoms with E-state index in [1.807, 2.05) is 0 Å². The van der Waals surface area contributed by atoms with E-state index in [0.717, 1.165) is 0 Å². The molecule has 0 radical (unpaired) electrons. The summed E-state index contributed by atoms with van der Waals surface area (Å²) in [5.41, 5.74) is 0.586. The van der Waals surface area contributed by atoms with E-state index in [-0.39, 0.29) is 18.4 Å². The van der Waals surface area contributed by atoms with Crippen molar-refractivity contribution in [1.82, 2.24) is 5.09 Å². The smallest absolute Gasteiger partial charge is 0.342 e. The summed E-state index contributed by atoms with van der Waals surface area (Å²) in [6.45, 7) is 6.40. The molecule has 0 heterocycles. The largest absolute Gasteiger partial charge is 0.462 e. The summed E-state index contributed by atoms with van der Waals surface area (Å²) >= 11 is 0. The molecule has 25 heavy (non-hydrogen) atoms. The van der Waals surface area contributed by atoms with Gasteiger partial charge < -0.3 is 19.3 Å². The standard InChI is InChI=1S/C16H25N2O6P/c1-11(2)23-16(20)12(3)18-25(21,10-22-5)24-15-8-6-14(7-9-15)17-13(4)19/h6-9,11-12H,10H2,1-5H3,(H,17,19)(H,18,21)/t12-,25?/m0/s1. The number of hydrogen-bond acceptors (Lipinski definition) is 6. The van der Waals surface area contributed by atoms with E-state index in [9.17, 15) is 14.2 Å². The van der Waals surface area contributed by atoms with Crippen molar-refractivity contribution >= 4 is 25.1 Å². The van der Waals surface area contributed by atoms with Gasteiger partial charge in [-0.2, -0.15) is 0 Å². The first kappa shape index (κ1) is 21.2. The van der Waals surface area contributed by atoms with Crippen LogP contribution in [0.3, 0.4) is 0 Å². The lowest BCUT2D eigenvalue weighted by atomic mass is 10.3. The molecule has 0 aliphatic carbocycles. The fraction of sp³-hybridized carbons (Fsp3) is 0.500. The second-order valence-corrected chi connectivity index (χ2v) is 7.77. The highest BCUT2D eigenvalue weighted by Crippen LogP contribution is 2.43. The highest BCUT2D eigenvalue weighted by atomic mass is 31.2. The molecule has 0 fully saturated rings. The van der Waals surface area contributed by atoms with Crippen molar-refractivity contribution in [3.63, 3.8) is 0 Å². The van der Waals surface area contributed by atoms with Crippen molar-refractivity contribution in [2.24, 2.45) is 0 Å². The van der Waals surface area contributed by atoms with Gasteiger partial charge in [0.2, 0.25) is 5.91 Å². The molecule has 0 aliphatic heterocycles. The van der Waals surface area contributed by atoms with Crippen molar-refractivity contribution in [2.45, 2.75) is 39.8 Å². The van der Waals surface area contributed by atoms with E-state index >= 15 is 0 Å². The van der Waals surface area contributed by atoms with Gasteiger partial charge in [-0.05, 0) is 45.0 Å². The third-order valence-corrected chi connectivity index (χ3v) is 4.71. The van der Waals surface area contributed by atoms with Crippen LogP contribution in [0.4, 0.5) is 5.69 Å². The van der Waals surface area contributed by atoms with Crippen LogP contribution in [-0.2, 0) is 23.6 Å². The Kier molecular flexibility index (Phi) is 8.09. The van der Waals surface area contributed by atoms with Gasteiger partial charge in [-0.15, -0.1) is 0 Å². The molecule has 0 saturated heterocycles. The van der Waals surface area contributed by atoms with E-state index in [1.54, 1.807) is 38.1 Å². The molecule has 2 N–H and O–H groups in total. The first-order valence-corrected chi connectivity index (χ1v) is 9.59. The number of ether oxygens (including phenoxy) is 2. The van der Waals surface area contributed by atoms with Gasteiger partial charge in [-0.1, -0.05) is 0 Å². The molecule has 2 atom stereocenters. The Bertz CT molecular complexity index is 632. The number of anilines is 1. The SMILES string of the molecule is COCP(=O)(N[C@@H](C)C(=O)OC(C)C)Oc1ccc(NC(C)=O)cc1. The highest BCUT2D eigenvalue weighted by molar-refractivity contribution is 7.57. The molecule has 0 spiro atoms. The third kappa shape index (κ3) is 7.69. The van der Waals surface area contributed by atoms with E-state index in [4.69, 9.17) is 14.0 Å². The van der Waals surface area contributed by atoms with Gasteiger partial charge >= 0.3 is 13.5 Å². The molecule has 0 aromatic heterocycles. The van der Waals surface area contributed by atoms with Gasteiger partial charge in [0, 0.05) is 19.7 Å². The van der Waals surface area contributed by atoms with Crippen LogP contribution in [0.5, 0.6) is 5.75 Å². The highest BCUT2D eigenvalue weighted by Gasteiger charge is 2.30. The summed E-state index contributed by atoms with van der Waals surface area (Å²) in [5.74, 6) is -0.416. The molecule has 9 heteroatoms. The van der Waals surface area contributed by atoms with Crippen LogP contribution >= 0.6 is 7.52 Å². The second-order valence-electron chi connectivity index (χ2n) is 5.72. The zero-order chi connectivity index (χ0) is 19.0. The number of esters is 1. The first-order chi connectivity index (χ1) is 11.6. The average Bonchev–Trinajstić information content (AvgIpc) is 2.48. The average molecular weight is 372 g/mol. The summed E-state index contributed by atoms with van der Waals surface area (Å²) in [5, 5.41) is 5.28. The molecule has 1 amide bonds. The summed E-state index contributed by atoms with van der Waals surface area (Å²) in [4.78, 5) is 22.9. The minimum absolute atomic E-state index is 0.196. The molecule has 1 aromatic rings. The fourth-order valence-corrected chi connectivity index (χ4v) is 3.59. The van der Waals surface area contributed by atoms with E-state index < -0.39 is 19.5 Å². The Labute approximate surface area is 147 Å². The molecular formula is C16H25N2O6P. The lowest BCUT2D eigenvalue weighted by molar-refractivity contribution is -0.149. The molecule has 140 valence electrons. The van der Waals surface area contributed by atoms with Crippen LogP contribution in [0.15, 0.2) is 24.3 Å². The van der Waals surface area contributed by atoms with Crippen molar-refractivity contribution in [2.75, 3.05) is 18.8 Å². The van der Waals surface area contributed by atoms with E-state index in [2.05, 4.69) is 10.4 Å². The third-order valence-electron chi connectivity index (χ3n) is 2.82. The molecule has 1 rings (SSSR count). The maximum atomic E-state index is 12.9. The zero-order valence-corrected chi connectivity index (χ0v) is 16.0. The van der Waals surface area contributed by atoms with Gasteiger partial charge in [-0.25, -0.2) is 5.09 Å². The predicted molar refractivity (Wildman–Crippen MR) is 94.7 cm³/mol. The number of methoxy groups -OCH3 is 1. The monoisotopic (exact) mass is 372 g/mol. The van der Waals surface area contributed by atoms with Gasteiger partial charge in [0.1, 0.15) is 18.1 Å². The topological polar surface area (TPSA) is 103 Å². The summed E-state index contributed by atoms with van der Waals surface area (Å²) < 4.78 is 28.5. The maximum Gasteiger partial charge on any atom is 0.342 e. The molecule has 1 aromatic carbocycles. The lowest BCUT2D eigenvalue weighted by Crippen LogP contribution is -2.36. The van der Waals surface area contributed by atoms with Crippen LogP contribution in [0.25, 0.3) is 0 Å². The quantitative estimate of drug-likeness (QED) is 0.507. The number of nitrogens with one attached hydrogen (secondary N) is 2. The van der Waals surface area contributed by atoms with E-state index in [0.29, 0.717) is 11.4 Å². The number of hydrogen-bond donors (Lipinski definition) is 2. The zero-order valence-electron chi connectivity index (χ0n) is 15.1. The molecule has 1 unspecified atom stereocenters. The van der Waals surface area contributed by atoms with Crippen LogP contribution in [0, 0.1) is 0 Å². The van der Waals surface area contributed by atoms with Crippen LogP contribution in [-0.4, -0.2) is 37.5 Å². The lowest BCUT2D eigenvalue weighted by Gasteiger charge is -2.23. The summed E-state index contributed by atoms with van der Waals surface area (Å²) in [7, 11) is -2.11. The number of rotatable bonds is 9. The van der Waals surface area contributed by atoms with Crippen LogP contribution < -0.4 is 14.9 Å². The van der Waals surface area contributed by atoms with Crippen molar-refractivity contribution in [3.8, 4) is 5.75 Å². The minimum Gasteiger partial charge on any atom is -0.462 e. The van der Waals surface area contributed by atoms with Crippen molar-refractivity contribution < 1.29 is 28.2 Å². The molecule has 0 bridgehead atoms. The van der Waals surface area contributed by atoms with Crippen molar-refractivity contribution in [3.05, 3.63) is 24.3 Å². The summed E-state index contributed by atoms with van der Waals surface area (Å²) in [6.07, 6.45) is -0.500. The Morgan fingerprint density at radius 3 is 2.24 bits per heavy atom. The Hall–Kier alpha value is -1.89. The number of benzene rings is 1. The van der Waals surface area contributed by atoms with E-state index in [1.165, 1.54) is 21.0 Å². The molecule has 0 aliphatic rings. The molecule has 8 nitrogen and oxygen atoms in total. The maximum absolute atomic E-state index is 12.9. The predicted octanol–water partition coefficient (Wildman–Crippen LogP) is 2.75. The van der Waals surface area contributed by atoms with Gasteiger partial charge in [0.25, 0.3) is 0 Å². The molecule has 0 saturated carbocycles. The van der Waals surface area contributed by atoms with Gasteiger partial charge in [0.15, 0.2) is 0 Å². The normalized spacial score (nSPS) is 14.5. The Morgan fingerprint density at radius 1 is 1.16 bits per heavy atom. The number of carbonyl (C=O) groups excluding carboxylic acids is 2. The van der Waals surface area contributed by atoms with Gasteiger partial charge in [0.05, 0.1) is 6.10 Å². The van der Waals surface area contributed by atoms with Gasteiger partial charge in [-0.3, -0.25) is 14.2 Å². The van der Waals surface area contributed by atoms with Crippen LogP contribution in [0.1, 0.15) is 27.7 Å². The molecular weight excluding hydrogens is 347 g/mol. The number of carbonyl (C=O) groups is 2. The Morgan fingerprint density at radius 2 is 1.76 bits per heavy atom. The minimum atomic E-state index is -3.50. The second kappa shape index (κ2) is 9.56. The van der Waals surface area contributed by atoms with Crippen LogP contribution in [0.2, 0.25) is 0 Å². The van der Waals surface area contributed by atoms with Crippen molar-refractivity contribution in [1.29, 1.82) is 0 Å². The Balaban J connectivity index is 2.82.